The minimum absolute atomic E-state index is 0.0533. The molecule has 2 aromatic carbocycles. The SMILES string of the molecule is COc1cc2ncn(Cc3ccc(F)cc3F)c(=O)c2cc1OC. The fourth-order valence-corrected chi connectivity index (χ4v) is 2.43. The van der Waals surface area contributed by atoms with Gasteiger partial charge in [0.2, 0.25) is 0 Å². The third-order valence-electron chi connectivity index (χ3n) is 3.69. The Hall–Kier alpha value is -2.96. The number of aromatic nitrogens is 2. The summed E-state index contributed by atoms with van der Waals surface area (Å²) in [6.45, 7) is -0.0533. The second-order valence-corrected chi connectivity index (χ2v) is 5.14. The largest absolute Gasteiger partial charge is 0.493 e. The summed E-state index contributed by atoms with van der Waals surface area (Å²) in [6, 6.07) is 6.35. The highest BCUT2D eigenvalue weighted by Gasteiger charge is 2.12. The molecule has 0 radical (unpaired) electrons. The third kappa shape index (κ3) is 2.80. The van der Waals surface area contributed by atoms with Crippen molar-refractivity contribution in [2.45, 2.75) is 6.54 Å². The first-order valence-corrected chi connectivity index (χ1v) is 7.08. The molecule has 0 aliphatic rings. The standard InChI is InChI=1S/C17H14F2N2O3/c1-23-15-6-12-14(7-16(15)24-2)20-9-21(17(12)22)8-10-3-4-11(18)5-13(10)19/h3-7,9H,8H2,1-2H3. The fourth-order valence-electron chi connectivity index (χ4n) is 2.43. The van der Waals surface area contributed by atoms with Crippen LogP contribution in [0.2, 0.25) is 0 Å². The third-order valence-corrected chi connectivity index (χ3v) is 3.69. The summed E-state index contributed by atoms with van der Waals surface area (Å²) in [5.74, 6) is -0.528. The molecule has 0 saturated carbocycles. The van der Waals surface area contributed by atoms with Gasteiger partial charge in [0.05, 0.1) is 38.0 Å². The van der Waals surface area contributed by atoms with E-state index in [0.29, 0.717) is 22.4 Å². The molecule has 124 valence electrons. The van der Waals surface area contributed by atoms with E-state index in [1.165, 1.54) is 37.2 Å². The molecule has 0 saturated heterocycles. The Bertz CT molecular complexity index is 970. The fraction of sp³-hybridized carbons (Fsp3) is 0.176. The van der Waals surface area contributed by atoms with Crippen molar-refractivity contribution in [3.8, 4) is 11.5 Å². The summed E-state index contributed by atoms with van der Waals surface area (Å²) in [5, 5.41) is 0.317. The number of rotatable bonds is 4. The number of methoxy groups -OCH3 is 2. The van der Waals surface area contributed by atoms with E-state index in [9.17, 15) is 13.6 Å². The first-order valence-electron chi connectivity index (χ1n) is 7.08. The molecule has 0 bridgehead atoms. The van der Waals surface area contributed by atoms with Crippen LogP contribution in [-0.4, -0.2) is 23.8 Å². The van der Waals surface area contributed by atoms with E-state index >= 15 is 0 Å². The molecule has 24 heavy (non-hydrogen) atoms. The van der Waals surface area contributed by atoms with Crippen molar-refractivity contribution >= 4 is 10.9 Å². The van der Waals surface area contributed by atoms with E-state index in [2.05, 4.69) is 4.98 Å². The molecule has 0 amide bonds. The number of hydrogen-bond donors (Lipinski definition) is 0. The van der Waals surface area contributed by atoms with Crippen LogP contribution in [-0.2, 0) is 6.54 Å². The maximum atomic E-state index is 13.8. The van der Waals surface area contributed by atoms with Gasteiger partial charge in [-0.1, -0.05) is 6.07 Å². The molecule has 1 aromatic heterocycles. The molecule has 1 heterocycles. The summed E-state index contributed by atoms with van der Waals surface area (Å²) in [5.41, 5.74) is 0.276. The predicted molar refractivity (Wildman–Crippen MR) is 84.6 cm³/mol. The van der Waals surface area contributed by atoms with E-state index in [-0.39, 0.29) is 17.7 Å². The Morgan fingerprint density at radius 2 is 1.79 bits per heavy atom. The molecule has 3 rings (SSSR count). The van der Waals surface area contributed by atoms with Crippen molar-refractivity contribution in [1.82, 2.24) is 9.55 Å². The molecule has 7 heteroatoms. The van der Waals surface area contributed by atoms with Gasteiger partial charge in [0.25, 0.3) is 5.56 Å². The average molecular weight is 332 g/mol. The Kier molecular flexibility index (Phi) is 4.16. The molecule has 0 spiro atoms. The smallest absolute Gasteiger partial charge is 0.261 e. The lowest BCUT2D eigenvalue weighted by molar-refractivity contribution is 0.355. The topological polar surface area (TPSA) is 53.4 Å². The van der Waals surface area contributed by atoms with Gasteiger partial charge in [0.1, 0.15) is 11.6 Å². The van der Waals surface area contributed by atoms with Gasteiger partial charge < -0.3 is 9.47 Å². The van der Waals surface area contributed by atoms with Crippen LogP contribution in [0.25, 0.3) is 10.9 Å². The molecule has 0 aliphatic heterocycles. The van der Waals surface area contributed by atoms with Gasteiger partial charge in [-0.15, -0.1) is 0 Å². The summed E-state index contributed by atoms with van der Waals surface area (Å²) in [6.07, 6.45) is 1.32. The van der Waals surface area contributed by atoms with Crippen molar-refractivity contribution in [3.05, 3.63) is 64.2 Å². The molecule has 0 atom stereocenters. The summed E-state index contributed by atoms with van der Waals surface area (Å²) in [4.78, 5) is 16.8. The lowest BCUT2D eigenvalue weighted by atomic mass is 10.2. The monoisotopic (exact) mass is 332 g/mol. The van der Waals surface area contributed by atoms with Gasteiger partial charge in [0.15, 0.2) is 11.5 Å². The zero-order chi connectivity index (χ0) is 17.3. The number of halogens is 2. The van der Waals surface area contributed by atoms with Crippen LogP contribution in [0, 0.1) is 11.6 Å². The van der Waals surface area contributed by atoms with Crippen LogP contribution in [0.5, 0.6) is 11.5 Å². The zero-order valence-electron chi connectivity index (χ0n) is 13.0. The number of ether oxygens (including phenoxy) is 2. The highest BCUT2D eigenvalue weighted by Crippen LogP contribution is 2.29. The van der Waals surface area contributed by atoms with Crippen LogP contribution in [0.4, 0.5) is 8.78 Å². The van der Waals surface area contributed by atoms with Gasteiger partial charge in [0, 0.05) is 17.7 Å². The Labute approximate surface area is 136 Å². The molecule has 0 fully saturated rings. The highest BCUT2D eigenvalue weighted by molar-refractivity contribution is 5.81. The average Bonchev–Trinajstić information content (AvgIpc) is 2.58. The van der Waals surface area contributed by atoms with E-state index in [1.54, 1.807) is 6.07 Å². The van der Waals surface area contributed by atoms with Crippen LogP contribution in [0.3, 0.4) is 0 Å². The van der Waals surface area contributed by atoms with Gasteiger partial charge in [-0.2, -0.15) is 0 Å². The zero-order valence-corrected chi connectivity index (χ0v) is 13.0. The van der Waals surface area contributed by atoms with Crippen molar-refractivity contribution < 1.29 is 18.3 Å². The molecule has 5 nitrogen and oxygen atoms in total. The lowest BCUT2D eigenvalue weighted by Gasteiger charge is -2.11. The number of nitrogens with zero attached hydrogens (tertiary/aromatic N) is 2. The number of hydrogen-bond acceptors (Lipinski definition) is 4. The van der Waals surface area contributed by atoms with Crippen molar-refractivity contribution in [2.75, 3.05) is 14.2 Å². The van der Waals surface area contributed by atoms with E-state index in [4.69, 9.17) is 9.47 Å². The second kappa shape index (κ2) is 6.27. The minimum atomic E-state index is -0.714. The van der Waals surface area contributed by atoms with Gasteiger partial charge in [-0.05, 0) is 12.1 Å². The quantitative estimate of drug-likeness (QED) is 0.737. The first kappa shape index (κ1) is 15.9. The van der Waals surface area contributed by atoms with Crippen molar-refractivity contribution in [3.63, 3.8) is 0 Å². The predicted octanol–water partition coefficient (Wildman–Crippen LogP) is 2.74. The van der Waals surface area contributed by atoms with Crippen LogP contribution in [0.1, 0.15) is 5.56 Å². The van der Waals surface area contributed by atoms with E-state index in [1.807, 2.05) is 0 Å². The maximum absolute atomic E-state index is 13.8. The van der Waals surface area contributed by atoms with Gasteiger partial charge >= 0.3 is 0 Å². The van der Waals surface area contributed by atoms with Gasteiger partial charge in [-0.25, -0.2) is 13.8 Å². The summed E-state index contributed by atoms with van der Waals surface area (Å²) >= 11 is 0. The minimum Gasteiger partial charge on any atom is -0.493 e. The number of fused-ring (bicyclic) bond motifs is 1. The normalized spacial score (nSPS) is 10.8. The highest BCUT2D eigenvalue weighted by atomic mass is 19.1. The Balaban J connectivity index is 2.09. The van der Waals surface area contributed by atoms with Crippen molar-refractivity contribution in [2.24, 2.45) is 0 Å². The molecule has 3 aromatic rings. The van der Waals surface area contributed by atoms with Crippen LogP contribution >= 0.6 is 0 Å². The van der Waals surface area contributed by atoms with Gasteiger partial charge in [-0.3, -0.25) is 9.36 Å². The van der Waals surface area contributed by atoms with E-state index in [0.717, 1.165) is 12.1 Å². The molecule has 0 unspecified atom stereocenters. The lowest BCUT2D eigenvalue weighted by Crippen LogP contribution is -2.21. The number of benzene rings is 2. The first-order chi connectivity index (χ1) is 11.5. The molecule has 0 N–H and O–H groups in total. The molecular weight excluding hydrogens is 318 g/mol. The molecule has 0 aliphatic carbocycles. The second-order valence-electron chi connectivity index (χ2n) is 5.14. The Morgan fingerprint density at radius 1 is 1.08 bits per heavy atom. The summed E-state index contributed by atoms with van der Waals surface area (Å²) in [7, 11) is 2.95. The molecular formula is C17H14F2N2O3. The Morgan fingerprint density at radius 3 is 2.46 bits per heavy atom. The van der Waals surface area contributed by atoms with Crippen LogP contribution < -0.4 is 15.0 Å². The summed E-state index contributed by atoms with van der Waals surface area (Å²) < 4.78 is 38.4. The van der Waals surface area contributed by atoms with E-state index < -0.39 is 11.6 Å². The van der Waals surface area contributed by atoms with Crippen LogP contribution in [0.15, 0.2) is 41.5 Å². The maximum Gasteiger partial charge on any atom is 0.261 e. The van der Waals surface area contributed by atoms with Crippen molar-refractivity contribution in [1.29, 1.82) is 0 Å².